The van der Waals surface area contributed by atoms with Crippen LogP contribution < -0.4 is 9.47 Å². The number of hydrogen-bond donors (Lipinski definition) is 1. The zero-order chi connectivity index (χ0) is 14.1. The normalized spacial score (nSPS) is 14.9. The van der Waals surface area contributed by atoms with Crippen molar-refractivity contribution in [1.29, 1.82) is 0 Å². The van der Waals surface area contributed by atoms with Gasteiger partial charge in [0.25, 0.3) is 0 Å². The molecule has 1 aliphatic carbocycles. The van der Waals surface area contributed by atoms with Gasteiger partial charge < -0.3 is 14.6 Å². The summed E-state index contributed by atoms with van der Waals surface area (Å²) in [5.74, 6) is 1.41. The molecule has 1 aromatic heterocycles. The van der Waals surface area contributed by atoms with E-state index in [9.17, 15) is 5.11 Å². The highest BCUT2D eigenvalue weighted by atomic mass is 32.1. The predicted octanol–water partition coefficient (Wildman–Crippen LogP) is 3.34. The van der Waals surface area contributed by atoms with Crippen LogP contribution in [0.2, 0.25) is 0 Å². The van der Waals surface area contributed by atoms with Crippen molar-refractivity contribution in [2.24, 2.45) is 0 Å². The molecule has 4 heteroatoms. The Morgan fingerprint density at radius 1 is 1.15 bits per heavy atom. The van der Waals surface area contributed by atoms with Gasteiger partial charge in [-0.3, -0.25) is 0 Å². The molecule has 0 amide bonds. The van der Waals surface area contributed by atoms with Crippen LogP contribution in [0.3, 0.4) is 0 Å². The van der Waals surface area contributed by atoms with Gasteiger partial charge >= 0.3 is 0 Å². The molecular formula is C16H18O3S. The van der Waals surface area contributed by atoms with Gasteiger partial charge in [0.15, 0.2) is 0 Å². The summed E-state index contributed by atoms with van der Waals surface area (Å²) in [5, 5.41) is 10.7. The first kappa shape index (κ1) is 13.5. The van der Waals surface area contributed by atoms with Crippen molar-refractivity contribution in [2.75, 3.05) is 14.2 Å². The van der Waals surface area contributed by atoms with Crippen molar-refractivity contribution in [1.82, 2.24) is 0 Å². The standard InChI is InChI=1S/C16H18O3S/c1-18-11-6-7-13(19-2)12(9-11)16(17)15-8-10-4-3-5-14(10)20-15/h6-9,16-17H,3-5H2,1-2H3. The van der Waals surface area contributed by atoms with Gasteiger partial charge in [0.2, 0.25) is 0 Å². The van der Waals surface area contributed by atoms with Crippen LogP contribution in [0.25, 0.3) is 0 Å². The lowest BCUT2D eigenvalue weighted by molar-refractivity contribution is 0.217. The van der Waals surface area contributed by atoms with Gasteiger partial charge in [-0.2, -0.15) is 0 Å². The largest absolute Gasteiger partial charge is 0.497 e. The maximum Gasteiger partial charge on any atom is 0.125 e. The van der Waals surface area contributed by atoms with Crippen LogP contribution in [0.4, 0.5) is 0 Å². The molecule has 0 saturated carbocycles. The Kier molecular flexibility index (Phi) is 3.68. The van der Waals surface area contributed by atoms with Crippen LogP contribution >= 0.6 is 11.3 Å². The number of hydrogen-bond acceptors (Lipinski definition) is 4. The van der Waals surface area contributed by atoms with Crippen LogP contribution in [-0.4, -0.2) is 19.3 Å². The lowest BCUT2D eigenvalue weighted by atomic mass is 10.1. The molecule has 3 nitrogen and oxygen atoms in total. The van der Waals surface area contributed by atoms with Crippen molar-refractivity contribution < 1.29 is 14.6 Å². The quantitative estimate of drug-likeness (QED) is 0.938. The summed E-state index contributed by atoms with van der Waals surface area (Å²) in [4.78, 5) is 2.40. The number of methoxy groups -OCH3 is 2. The second-order valence-corrected chi connectivity index (χ2v) is 6.13. The van der Waals surface area contributed by atoms with Crippen molar-refractivity contribution in [3.63, 3.8) is 0 Å². The number of aliphatic hydroxyl groups excluding tert-OH is 1. The van der Waals surface area contributed by atoms with E-state index < -0.39 is 6.10 Å². The Labute approximate surface area is 122 Å². The second-order valence-electron chi connectivity index (χ2n) is 4.96. The average molecular weight is 290 g/mol. The number of aryl methyl sites for hydroxylation is 2. The number of benzene rings is 1. The highest BCUT2D eigenvalue weighted by Gasteiger charge is 2.22. The van der Waals surface area contributed by atoms with E-state index in [-0.39, 0.29) is 0 Å². The summed E-state index contributed by atoms with van der Waals surface area (Å²) in [5.41, 5.74) is 2.15. The minimum absolute atomic E-state index is 0.657. The van der Waals surface area contributed by atoms with E-state index >= 15 is 0 Å². The fourth-order valence-corrected chi connectivity index (χ4v) is 3.96. The highest BCUT2D eigenvalue weighted by Crippen LogP contribution is 2.39. The molecule has 106 valence electrons. The van der Waals surface area contributed by atoms with Crippen molar-refractivity contribution >= 4 is 11.3 Å². The number of aliphatic hydroxyl groups is 1. The van der Waals surface area contributed by atoms with Gasteiger partial charge in [-0.05, 0) is 49.1 Å². The van der Waals surface area contributed by atoms with E-state index in [0.717, 1.165) is 29.0 Å². The van der Waals surface area contributed by atoms with Crippen LogP contribution in [0.15, 0.2) is 24.3 Å². The lowest BCUT2D eigenvalue weighted by Gasteiger charge is -2.15. The Morgan fingerprint density at radius 2 is 2.00 bits per heavy atom. The number of rotatable bonds is 4. The molecule has 0 spiro atoms. The number of thiophene rings is 1. The molecule has 2 aromatic rings. The summed E-state index contributed by atoms with van der Waals surface area (Å²) < 4.78 is 10.6. The zero-order valence-electron chi connectivity index (χ0n) is 11.7. The molecule has 0 fully saturated rings. The fourth-order valence-electron chi connectivity index (χ4n) is 2.69. The van der Waals surface area contributed by atoms with E-state index in [4.69, 9.17) is 9.47 Å². The lowest BCUT2D eigenvalue weighted by Crippen LogP contribution is -2.01. The summed E-state index contributed by atoms with van der Waals surface area (Å²) >= 11 is 1.71. The summed E-state index contributed by atoms with van der Waals surface area (Å²) in [6.07, 6.45) is 2.85. The minimum Gasteiger partial charge on any atom is -0.497 e. The van der Waals surface area contributed by atoms with Crippen LogP contribution in [0.1, 0.15) is 33.4 Å². The second kappa shape index (κ2) is 5.46. The number of ether oxygens (including phenoxy) is 2. The molecule has 1 N–H and O–H groups in total. The molecule has 1 unspecified atom stereocenters. The molecule has 20 heavy (non-hydrogen) atoms. The smallest absolute Gasteiger partial charge is 0.125 e. The Bertz CT molecular complexity index is 597. The van der Waals surface area contributed by atoms with Gasteiger partial charge in [-0.1, -0.05) is 0 Å². The molecule has 1 aliphatic rings. The molecule has 3 rings (SSSR count). The van der Waals surface area contributed by atoms with Gasteiger partial charge in [-0.25, -0.2) is 0 Å². The molecule has 1 heterocycles. The van der Waals surface area contributed by atoms with E-state index in [1.165, 1.54) is 16.9 Å². The van der Waals surface area contributed by atoms with Crippen LogP contribution in [0, 0.1) is 0 Å². The van der Waals surface area contributed by atoms with Crippen molar-refractivity contribution in [3.8, 4) is 11.5 Å². The third kappa shape index (κ3) is 2.30. The Hall–Kier alpha value is -1.52. The third-order valence-corrected chi connectivity index (χ3v) is 5.06. The van der Waals surface area contributed by atoms with Gasteiger partial charge in [0.05, 0.1) is 14.2 Å². The van der Waals surface area contributed by atoms with E-state index in [1.54, 1.807) is 25.6 Å². The molecular weight excluding hydrogens is 272 g/mol. The van der Waals surface area contributed by atoms with Crippen molar-refractivity contribution in [2.45, 2.75) is 25.4 Å². The number of fused-ring (bicyclic) bond motifs is 1. The monoisotopic (exact) mass is 290 g/mol. The van der Waals surface area contributed by atoms with E-state index in [0.29, 0.717) is 5.75 Å². The van der Waals surface area contributed by atoms with Gasteiger partial charge in [0.1, 0.15) is 17.6 Å². The van der Waals surface area contributed by atoms with Gasteiger partial charge in [0, 0.05) is 15.3 Å². The fraction of sp³-hybridized carbons (Fsp3) is 0.375. The maximum absolute atomic E-state index is 10.7. The minimum atomic E-state index is -0.657. The zero-order valence-corrected chi connectivity index (χ0v) is 12.5. The Morgan fingerprint density at radius 3 is 2.70 bits per heavy atom. The highest BCUT2D eigenvalue weighted by molar-refractivity contribution is 7.12. The third-order valence-electron chi connectivity index (χ3n) is 3.77. The molecule has 0 radical (unpaired) electrons. The first-order valence-electron chi connectivity index (χ1n) is 6.74. The van der Waals surface area contributed by atoms with Crippen molar-refractivity contribution in [3.05, 3.63) is 45.1 Å². The average Bonchev–Trinajstić information content (AvgIpc) is 3.07. The van der Waals surface area contributed by atoms with Crippen LogP contribution in [-0.2, 0) is 12.8 Å². The van der Waals surface area contributed by atoms with Crippen LogP contribution in [0.5, 0.6) is 11.5 Å². The predicted molar refractivity (Wildman–Crippen MR) is 80.0 cm³/mol. The molecule has 0 saturated heterocycles. The topological polar surface area (TPSA) is 38.7 Å². The van der Waals surface area contributed by atoms with E-state index in [2.05, 4.69) is 6.07 Å². The molecule has 0 bridgehead atoms. The van der Waals surface area contributed by atoms with Gasteiger partial charge in [-0.15, -0.1) is 11.3 Å². The molecule has 1 aromatic carbocycles. The van der Waals surface area contributed by atoms with E-state index in [1.807, 2.05) is 18.2 Å². The summed E-state index contributed by atoms with van der Waals surface area (Å²) in [7, 11) is 3.24. The summed E-state index contributed by atoms with van der Waals surface area (Å²) in [6.45, 7) is 0. The SMILES string of the molecule is COc1ccc(OC)c(C(O)c2cc3c(s2)CCC3)c1. The Balaban J connectivity index is 1.97. The molecule has 1 atom stereocenters. The summed E-state index contributed by atoms with van der Waals surface area (Å²) in [6, 6.07) is 7.65. The molecule has 0 aliphatic heterocycles. The first-order valence-corrected chi connectivity index (χ1v) is 7.56. The maximum atomic E-state index is 10.7. The first-order chi connectivity index (χ1) is 9.72.